The van der Waals surface area contributed by atoms with E-state index in [0.717, 1.165) is 11.1 Å². The summed E-state index contributed by atoms with van der Waals surface area (Å²) in [6, 6.07) is 8.94. The van der Waals surface area contributed by atoms with Crippen molar-refractivity contribution in [2.24, 2.45) is 7.05 Å². The summed E-state index contributed by atoms with van der Waals surface area (Å²) >= 11 is 3.57. The lowest BCUT2D eigenvalue weighted by Crippen LogP contribution is -2.01. The first-order valence-corrected chi connectivity index (χ1v) is 8.87. The zero-order chi connectivity index (χ0) is 19.9. The zero-order valence-electron chi connectivity index (χ0n) is 15.3. The molecule has 0 amide bonds. The molecule has 0 radical (unpaired) electrons. The van der Waals surface area contributed by atoms with Crippen molar-refractivity contribution in [3.05, 3.63) is 51.6 Å². The van der Waals surface area contributed by atoms with Crippen LogP contribution in [0.25, 0.3) is 22.3 Å². The second-order valence-electron chi connectivity index (χ2n) is 6.09. The highest BCUT2D eigenvalue weighted by molar-refractivity contribution is 9.10. The second-order valence-corrected chi connectivity index (χ2v) is 6.84. The van der Waals surface area contributed by atoms with Crippen LogP contribution in [0.3, 0.4) is 0 Å². The summed E-state index contributed by atoms with van der Waals surface area (Å²) in [4.78, 5) is 12.0. The summed E-state index contributed by atoms with van der Waals surface area (Å²) in [5, 5.41) is 19.4. The number of ether oxygens (including phenoxy) is 1. The molecule has 7 heteroatoms. The summed E-state index contributed by atoms with van der Waals surface area (Å²) in [7, 11) is 3.07. The highest BCUT2D eigenvalue weighted by Crippen LogP contribution is 2.45. The maximum atomic E-state index is 12.0. The van der Waals surface area contributed by atoms with Gasteiger partial charge in [-0.05, 0) is 47.5 Å². The number of aryl methyl sites for hydroxylation is 1. The average molecular weight is 429 g/mol. The summed E-state index contributed by atoms with van der Waals surface area (Å²) in [6.45, 7) is 3.51. The van der Waals surface area contributed by atoms with Gasteiger partial charge in [0.25, 0.3) is 0 Å². The molecule has 2 aromatic heterocycles. The van der Waals surface area contributed by atoms with E-state index in [2.05, 4.69) is 22.0 Å². The number of phenols is 1. The Hall–Kier alpha value is -2.98. The summed E-state index contributed by atoms with van der Waals surface area (Å²) in [6.07, 6.45) is 0. The van der Waals surface area contributed by atoms with Gasteiger partial charge in [-0.15, -0.1) is 0 Å². The molecule has 0 saturated heterocycles. The zero-order valence-corrected chi connectivity index (χ0v) is 16.8. The monoisotopic (exact) mass is 428 g/mol. The number of aromatic hydroxyl groups is 1. The fraction of sp³-hybridized carbons (Fsp3) is 0.200. The van der Waals surface area contributed by atoms with E-state index in [1.165, 1.54) is 7.11 Å². The van der Waals surface area contributed by atoms with Crippen LogP contribution >= 0.6 is 15.9 Å². The third kappa shape index (κ3) is 2.92. The van der Waals surface area contributed by atoms with Gasteiger partial charge in [0.15, 0.2) is 0 Å². The number of carbonyl (C=O) groups is 1. The van der Waals surface area contributed by atoms with Gasteiger partial charge >= 0.3 is 5.97 Å². The van der Waals surface area contributed by atoms with Crippen LogP contribution < -0.4 is 0 Å². The number of aromatic nitrogens is 1. The summed E-state index contributed by atoms with van der Waals surface area (Å²) in [5.74, 6) is 0.214. The lowest BCUT2D eigenvalue weighted by atomic mass is 9.94. The first-order chi connectivity index (χ1) is 12.8. The van der Waals surface area contributed by atoms with Gasteiger partial charge in [0, 0.05) is 29.3 Å². The van der Waals surface area contributed by atoms with Crippen LogP contribution in [0.2, 0.25) is 0 Å². The van der Waals surface area contributed by atoms with Crippen molar-refractivity contribution in [2.75, 3.05) is 7.11 Å². The van der Waals surface area contributed by atoms with E-state index in [-0.39, 0.29) is 11.5 Å². The van der Waals surface area contributed by atoms with E-state index in [0.29, 0.717) is 32.7 Å². The number of carbonyl (C=O) groups excluding carboxylic acids is 1. The van der Waals surface area contributed by atoms with Gasteiger partial charge in [0.2, 0.25) is 5.76 Å². The number of methoxy groups -OCH3 is 1. The molecule has 0 aliphatic heterocycles. The number of rotatable bonds is 3. The minimum Gasteiger partial charge on any atom is -0.508 e. The molecular weight excluding hydrogens is 412 g/mol. The lowest BCUT2D eigenvalue weighted by Gasteiger charge is -2.07. The summed E-state index contributed by atoms with van der Waals surface area (Å²) < 4.78 is 12.9. The predicted molar refractivity (Wildman–Crippen MR) is 103 cm³/mol. The minimum atomic E-state index is -0.568. The Morgan fingerprint density at radius 2 is 1.85 bits per heavy atom. The van der Waals surface area contributed by atoms with Crippen molar-refractivity contribution < 1.29 is 19.1 Å². The van der Waals surface area contributed by atoms with Crippen LogP contribution in [0, 0.1) is 25.2 Å². The molecule has 0 aliphatic rings. The number of nitrogens with zero attached hydrogens (tertiary/aromatic N) is 2. The predicted octanol–water partition coefficient (Wildman–Crippen LogP) is 4.70. The molecule has 2 heterocycles. The van der Waals surface area contributed by atoms with E-state index < -0.39 is 5.97 Å². The SMILES string of the molecule is COC(=O)c1oc(C)c(-c2c(-c3ccc(O)cc3)c(Br)n(C)c2C#N)c1C. The molecule has 3 rings (SSSR count). The van der Waals surface area contributed by atoms with E-state index in [9.17, 15) is 15.2 Å². The first-order valence-electron chi connectivity index (χ1n) is 8.08. The van der Waals surface area contributed by atoms with Crippen molar-refractivity contribution in [1.29, 1.82) is 5.26 Å². The van der Waals surface area contributed by atoms with Crippen LogP contribution in [0.5, 0.6) is 5.75 Å². The molecule has 6 nitrogen and oxygen atoms in total. The Bertz CT molecular complexity index is 1090. The Labute approximate surface area is 164 Å². The highest BCUT2D eigenvalue weighted by Gasteiger charge is 2.29. The third-order valence-corrected chi connectivity index (χ3v) is 5.46. The standard InChI is InChI=1S/C20H17BrN2O4/c1-10-15(11(2)27-18(10)20(25)26-4)17-14(9-22)23(3)19(21)16(17)12-5-7-13(24)8-6-12/h5-8,24H,1-4H3. The van der Waals surface area contributed by atoms with Crippen LogP contribution in [0.15, 0.2) is 33.3 Å². The number of nitriles is 1. The van der Waals surface area contributed by atoms with E-state index >= 15 is 0 Å². The molecule has 1 N–H and O–H groups in total. The molecule has 0 unspecified atom stereocenters. The topological polar surface area (TPSA) is 88.4 Å². The van der Waals surface area contributed by atoms with Gasteiger partial charge in [-0.2, -0.15) is 5.26 Å². The first kappa shape index (κ1) is 18.8. The number of furan rings is 1. The number of hydrogen-bond donors (Lipinski definition) is 1. The molecule has 1 aromatic carbocycles. The normalized spacial score (nSPS) is 10.7. The van der Waals surface area contributed by atoms with E-state index in [1.54, 1.807) is 49.7 Å². The van der Waals surface area contributed by atoms with E-state index in [1.807, 2.05) is 0 Å². The van der Waals surface area contributed by atoms with Gasteiger partial charge in [0.05, 0.1) is 11.7 Å². The molecule has 0 spiro atoms. The minimum absolute atomic E-state index is 0.116. The van der Waals surface area contributed by atoms with Crippen molar-refractivity contribution >= 4 is 21.9 Å². The number of esters is 1. The molecular formula is C20H17BrN2O4. The Morgan fingerprint density at radius 1 is 1.22 bits per heavy atom. The maximum Gasteiger partial charge on any atom is 0.374 e. The van der Waals surface area contributed by atoms with Crippen molar-refractivity contribution in [2.45, 2.75) is 13.8 Å². The van der Waals surface area contributed by atoms with Gasteiger partial charge in [0.1, 0.15) is 23.3 Å². The molecule has 0 atom stereocenters. The average Bonchev–Trinajstić information content (AvgIpc) is 3.08. The second kappa shape index (κ2) is 6.97. The van der Waals surface area contributed by atoms with Gasteiger partial charge in [-0.1, -0.05) is 12.1 Å². The highest BCUT2D eigenvalue weighted by atomic mass is 79.9. The smallest absolute Gasteiger partial charge is 0.374 e. The number of halogens is 1. The molecule has 0 fully saturated rings. The molecule has 0 aliphatic carbocycles. The van der Waals surface area contributed by atoms with Crippen molar-refractivity contribution in [3.8, 4) is 34.1 Å². The quantitative estimate of drug-likeness (QED) is 0.610. The number of benzene rings is 1. The van der Waals surface area contributed by atoms with Gasteiger partial charge < -0.3 is 18.8 Å². The van der Waals surface area contributed by atoms with Gasteiger partial charge in [-0.25, -0.2) is 4.79 Å². The molecule has 138 valence electrons. The molecule has 0 saturated carbocycles. The Balaban J connectivity index is 2.39. The largest absolute Gasteiger partial charge is 0.508 e. The van der Waals surface area contributed by atoms with Crippen LogP contribution in [0.1, 0.15) is 27.6 Å². The van der Waals surface area contributed by atoms with Crippen molar-refractivity contribution in [1.82, 2.24) is 4.57 Å². The van der Waals surface area contributed by atoms with Crippen LogP contribution in [-0.2, 0) is 11.8 Å². The van der Waals surface area contributed by atoms with Crippen LogP contribution in [0.4, 0.5) is 0 Å². The third-order valence-electron chi connectivity index (χ3n) is 4.53. The number of phenolic OH excluding ortho intramolecular Hbond substituents is 1. The Kier molecular flexibility index (Phi) is 4.85. The van der Waals surface area contributed by atoms with Crippen LogP contribution in [-0.4, -0.2) is 22.8 Å². The molecule has 3 aromatic rings. The molecule has 27 heavy (non-hydrogen) atoms. The lowest BCUT2D eigenvalue weighted by molar-refractivity contribution is 0.0562. The molecule has 0 bridgehead atoms. The van der Waals surface area contributed by atoms with Gasteiger partial charge in [-0.3, -0.25) is 0 Å². The maximum absolute atomic E-state index is 12.0. The van der Waals surface area contributed by atoms with Crippen molar-refractivity contribution in [3.63, 3.8) is 0 Å². The van der Waals surface area contributed by atoms with E-state index in [4.69, 9.17) is 9.15 Å². The number of hydrogen-bond acceptors (Lipinski definition) is 5. The Morgan fingerprint density at radius 3 is 2.41 bits per heavy atom. The fourth-order valence-electron chi connectivity index (χ4n) is 3.23. The fourth-order valence-corrected chi connectivity index (χ4v) is 3.83. The summed E-state index contributed by atoms with van der Waals surface area (Å²) in [5.41, 5.74) is 3.95.